The van der Waals surface area contributed by atoms with Gasteiger partial charge < -0.3 is 0 Å². The topological polar surface area (TPSA) is 0 Å². The molecule has 0 aliphatic heterocycles. The van der Waals surface area contributed by atoms with Crippen molar-refractivity contribution in [1.82, 2.24) is 0 Å². The number of hydrogen-bond acceptors (Lipinski definition) is 0. The van der Waals surface area contributed by atoms with Gasteiger partial charge in [0.15, 0.2) is 0 Å². The van der Waals surface area contributed by atoms with Gasteiger partial charge in [-0.3, -0.25) is 0 Å². The third-order valence-electron chi connectivity index (χ3n) is 5.61. The predicted molar refractivity (Wildman–Crippen MR) is 104 cm³/mol. The maximum Gasteiger partial charge on any atom is 0.0164 e. The van der Waals surface area contributed by atoms with Crippen LogP contribution in [0.4, 0.5) is 0 Å². The summed E-state index contributed by atoms with van der Waals surface area (Å²) >= 11 is 0. The van der Waals surface area contributed by atoms with Crippen LogP contribution in [-0.2, 0) is 32.6 Å². The van der Waals surface area contributed by atoms with Crippen molar-refractivity contribution in [1.29, 1.82) is 0 Å². The number of allylic oxidation sites excluding steroid dienone is 1. The molecular weight excluding hydrogens is 379 g/mol. The van der Waals surface area contributed by atoms with Crippen molar-refractivity contribution in [2.75, 3.05) is 0 Å². The molecule has 4 rings (SSSR count). The second kappa shape index (κ2) is 8.63. The van der Waals surface area contributed by atoms with E-state index in [1.807, 2.05) is 0 Å². The number of hydrogen-bond donors (Lipinski definition) is 0. The second-order valence-corrected chi connectivity index (χ2v) is 7.47. The third kappa shape index (κ3) is 4.25. The summed E-state index contributed by atoms with van der Waals surface area (Å²) in [6, 6.07) is 15.9. The average Bonchev–Trinajstić information content (AvgIpc) is 3.25. The van der Waals surface area contributed by atoms with Crippen LogP contribution in [0.25, 0.3) is 17.2 Å². The smallest absolute Gasteiger partial charge is 0.0164 e. The summed E-state index contributed by atoms with van der Waals surface area (Å²) in [5, 5.41) is 0. The van der Waals surface area contributed by atoms with Gasteiger partial charge in [0.1, 0.15) is 0 Å². The van der Waals surface area contributed by atoms with Crippen molar-refractivity contribution in [3.05, 3.63) is 71.1 Å². The summed E-state index contributed by atoms with van der Waals surface area (Å²) in [4.78, 5) is 0. The van der Waals surface area contributed by atoms with Gasteiger partial charge in [-0.25, -0.2) is 0 Å². The first kappa shape index (κ1) is 18.8. The monoisotopic (exact) mass is 405 g/mol. The molecule has 0 unspecified atom stereocenters. The van der Waals surface area contributed by atoms with E-state index in [-0.39, 0.29) is 26.2 Å². The molecule has 1 radical (unpaired) electrons. The number of fused-ring (bicyclic) bond motifs is 1. The Bertz CT molecular complexity index is 733. The zero-order chi connectivity index (χ0) is 16.4. The predicted octanol–water partition coefficient (Wildman–Crippen LogP) is 6.83. The molecule has 0 saturated heterocycles. The number of benzene rings is 2. The van der Waals surface area contributed by atoms with Gasteiger partial charge in [0, 0.05) is 32.6 Å². The minimum Gasteiger partial charge on any atom is -0.0651 e. The molecule has 0 bridgehead atoms. The van der Waals surface area contributed by atoms with Crippen LogP contribution >= 0.6 is 0 Å². The summed E-state index contributed by atoms with van der Waals surface area (Å²) < 4.78 is 0. The van der Waals surface area contributed by atoms with Crippen LogP contribution in [-0.4, -0.2) is 0 Å². The van der Waals surface area contributed by atoms with E-state index in [0.29, 0.717) is 0 Å². The van der Waals surface area contributed by atoms with Crippen LogP contribution in [0.2, 0.25) is 0 Å². The van der Waals surface area contributed by atoms with E-state index in [2.05, 4.69) is 61.9 Å². The van der Waals surface area contributed by atoms with Gasteiger partial charge in [-0.1, -0.05) is 93.1 Å². The van der Waals surface area contributed by atoms with Crippen molar-refractivity contribution in [3.63, 3.8) is 0 Å². The minimum atomic E-state index is 0. The molecule has 2 aliphatic rings. The van der Waals surface area contributed by atoms with E-state index in [4.69, 9.17) is 0 Å². The minimum absolute atomic E-state index is 0. The zero-order valence-corrected chi connectivity index (χ0v) is 17.7. The van der Waals surface area contributed by atoms with E-state index < -0.39 is 0 Å². The largest absolute Gasteiger partial charge is 0.0651 e. The van der Waals surface area contributed by atoms with Crippen molar-refractivity contribution in [3.8, 4) is 11.1 Å². The molecule has 0 spiro atoms. The summed E-state index contributed by atoms with van der Waals surface area (Å²) in [5.74, 6) is 0.915. The number of aryl methyl sites for hydroxylation is 1. The Morgan fingerprint density at radius 3 is 2.44 bits per heavy atom. The number of rotatable bonds is 5. The molecule has 0 nitrogen and oxygen atoms in total. The molecule has 0 N–H and O–H groups in total. The van der Waals surface area contributed by atoms with Crippen molar-refractivity contribution < 1.29 is 26.2 Å². The Morgan fingerprint density at radius 1 is 0.960 bits per heavy atom. The fourth-order valence-electron chi connectivity index (χ4n) is 4.35. The van der Waals surface area contributed by atoms with Crippen LogP contribution in [0.1, 0.15) is 62.1 Å². The molecule has 1 saturated carbocycles. The average molecular weight is 407 g/mol. The van der Waals surface area contributed by atoms with Crippen molar-refractivity contribution in [2.45, 2.75) is 51.9 Å². The maximum absolute atomic E-state index is 2.45. The van der Waals surface area contributed by atoms with Gasteiger partial charge in [-0.05, 0) is 46.6 Å². The first-order valence-electron chi connectivity index (χ1n) is 9.61. The van der Waals surface area contributed by atoms with Crippen molar-refractivity contribution >= 4 is 6.08 Å². The van der Waals surface area contributed by atoms with Crippen LogP contribution in [0.15, 0.2) is 48.0 Å². The molecule has 0 amide bonds. The van der Waals surface area contributed by atoms with Gasteiger partial charge in [0.25, 0.3) is 0 Å². The fourth-order valence-corrected chi connectivity index (χ4v) is 4.35. The summed E-state index contributed by atoms with van der Waals surface area (Å²) in [5.41, 5.74) is 8.53. The zero-order valence-electron chi connectivity index (χ0n) is 15.2. The van der Waals surface area contributed by atoms with Crippen LogP contribution < -0.4 is 0 Å². The van der Waals surface area contributed by atoms with Gasteiger partial charge in [0.2, 0.25) is 0 Å². The van der Waals surface area contributed by atoms with Gasteiger partial charge in [-0.15, -0.1) is 0 Å². The fraction of sp³-hybridized carbons (Fsp3) is 0.375. The maximum atomic E-state index is 2.45. The SMILES string of the molecule is CCCc1ccc(-c2cccc3c2C=C(CC2CCCC2)[CH]3)cc1.[Zr]. The van der Waals surface area contributed by atoms with Crippen LogP contribution in [0.5, 0.6) is 0 Å². The first-order valence-corrected chi connectivity index (χ1v) is 9.61. The summed E-state index contributed by atoms with van der Waals surface area (Å²) in [6.45, 7) is 2.24. The first-order chi connectivity index (χ1) is 11.8. The Kier molecular flexibility index (Phi) is 6.51. The molecule has 2 aromatic rings. The standard InChI is InChI=1S/C24H27.Zr/c1-2-6-18-11-13-21(14-12-18)23-10-5-9-22-16-20(17-24(22)23)15-19-7-3-4-8-19;/h5,9-14,16-17,19H,2-4,6-8,15H2,1H3;. The van der Waals surface area contributed by atoms with Gasteiger partial charge in [-0.2, -0.15) is 0 Å². The quantitative estimate of drug-likeness (QED) is 0.510. The van der Waals surface area contributed by atoms with E-state index in [9.17, 15) is 0 Å². The molecule has 2 aliphatic carbocycles. The van der Waals surface area contributed by atoms with E-state index in [1.165, 1.54) is 78.3 Å². The Labute approximate surface area is 171 Å². The van der Waals surface area contributed by atoms with Gasteiger partial charge >= 0.3 is 0 Å². The van der Waals surface area contributed by atoms with Crippen LogP contribution in [0.3, 0.4) is 0 Å². The third-order valence-corrected chi connectivity index (χ3v) is 5.61. The van der Waals surface area contributed by atoms with Crippen LogP contribution in [0, 0.1) is 12.3 Å². The molecule has 127 valence electrons. The molecule has 0 aromatic heterocycles. The molecule has 1 fully saturated rings. The summed E-state index contributed by atoms with van der Waals surface area (Å²) in [6.07, 6.45) is 14.2. The molecule has 0 atom stereocenters. The molecular formula is C24H27Zr. The molecule has 25 heavy (non-hydrogen) atoms. The summed E-state index contributed by atoms with van der Waals surface area (Å²) in [7, 11) is 0. The van der Waals surface area contributed by atoms with E-state index in [0.717, 1.165) is 5.92 Å². The molecule has 0 heterocycles. The Hall–Kier alpha value is -0.937. The molecule has 2 aromatic carbocycles. The van der Waals surface area contributed by atoms with E-state index in [1.54, 1.807) is 0 Å². The second-order valence-electron chi connectivity index (χ2n) is 7.47. The van der Waals surface area contributed by atoms with Crippen molar-refractivity contribution in [2.24, 2.45) is 5.92 Å². The molecule has 1 heteroatoms. The van der Waals surface area contributed by atoms with Gasteiger partial charge in [0.05, 0.1) is 0 Å². The normalized spacial score (nSPS) is 16.4. The Balaban J connectivity index is 0.00000182. The Morgan fingerprint density at radius 2 is 1.72 bits per heavy atom. The van der Waals surface area contributed by atoms with E-state index >= 15 is 0 Å².